The van der Waals surface area contributed by atoms with Gasteiger partial charge in [-0.1, -0.05) is 42.0 Å². The van der Waals surface area contributed by atoms with E-state index < -0.39 is 14.1 Å². The van der Waals surface area contributed by atoms with Crippen molar-refractivity contribution < 1.29 is 9.59 Å². The predicted molar refractivity (Wildman–Crippen MR) is 93.0 cm³/mol. The van der Waals surface area contributed by atoms with Gasteiger partial charge >= 0.3 is 0 Å². The molecule has 0 saturated carbocycles. The Morgan fingerprint density at radius 1 is 1.29 bits per heavy atom. The molecule has 0 radical (unpaired) electrons. The zero-order valence-electron chi connectivity index (χ0n) is 12.4. The van der Waals surface area contributed by atoms with E-state index in [-0.39, 0.29) is 17.6 Å². The zero-order chi connectivity index (χ0) is 16.0. The molecule has 0 bridgehead atoms. The van der Waals surface area contributed by atoms with Crippen molar-refractivity contribution in [2.75, 3.05) is 11.9 Å². The first-order valence-electron chi connectivity index (χ1n) is 6.68. The van der Waals surface area contributed by atoms with Crippen molar-refractivity contribution >= 4 is 49.3 Å². The van der Waals surface area contributed by atoms with Crippen LogP contribution >= 0.6 is 24.2 Å². The molecular weight excluding hydrogens is 324 g/mol. The van der Waals surface area contributed by atoms with E-state index in [2.05, 4.69) is 36.4 Å². The predicted octanol–water partition coefficient (Wildman–Crippen LogP) is 1.35. The highest BCUT2D eigenvalue weighted by atomic mass is 35.5. The lowest BCUT2D eigenvalue weighted by molar-refractivity contribution is -0.127. The molecule has 0 unspecified atom stereocenters. The van der Waals surface area contributed by atoms with Crippen molar-refractivity contribution in [2.45, 2.75) is 26.1 Å². The normalized spacial score (nSPS) is 12.6. The van der Waals surface area contributed by atoms with Crippen molar-refractivity contribution in [3.63, 3.8) is 0 Å². The molecule has 116 valence electrons. The average molecular weight is 345 g/mol. The van der Waals surface area contributed by atoms with Crippen LogP contribution in [0.5, 0.6) is 0 Å². The molecule has 0 aliphatic rings. The summed E-state index contributed by atoms with van der Waals surface area (Å²) in [6, 6.07) is 7.14. The highest BCUT2D eigenvalue weighted by Gasteiger charge is 2.26. The third-order valence-corrected chi connectivity index (χ3v) is 6.78. The lowest BCUT2D eigenvalue weighted by atomic mass is 10.3. The van der Waals surface area contributed by atoms with E-state index in [1.165, 1.54) is 12.1 Å². The summed E-state index contributed by atoms with van der Waals surface area (Å²) in [5, 5.41) is 7.42. The van der Waals surface area contributed by atoms with Crippen LogP contribution in [0.25, 0.3) is 0 Å². The molecule has 21 heavy (non-hydrogen) atoms. The minimum Gasteiger partial charge on any atom is -0.357 e. The zero-order valence-corrected chi connectivity index (χ0v) is 15.1. The quantitative estimate of drug-likeness (QED) is 0.539. The van der Waals surface area contributed by atoms with E-state index in [9.17, 15) is 9.59 Å². The number of benzene rings is 1. The molecule has 1 rings (SSSR count). The lowest BCUT2D eigenvalue weighted by Crippen LogP contribution is -2.55. The average Bonchev–Trinajstić information content (AvgIpc) is 2.42. The molecule has 7 heteroatoms. The first kappa shape index (κ1) is 18.1. The van der Waals surface area contributed by atoms with Crippen LogP contribution in [0.1, 0.15) is 6.92 Å². The Kier molecular flexibility index (Phi) is 6.77. The maximum absolute atomic E-state index is 12.1. The van der Waals surface area contributed by atoms with Gasteiger partial charge in [0.25, 0.3) is 0 Å². The van der Waals surface area contributed by atoms with Gasteiger partial charge in [0.05, 0.1) is 0 Å². The maximum atomic E-state index is 12.1. The monoisotopic (exact) mass is 344 g/mol. The number of amides is 2. The summed E-state index contributed by atoms with van der Waals surface area (Å²) < 4.78 is 0. The Balaban J connectivity index is 2.65. The van der Waals surface area contributed by atoms with Crippen LogP contribution in [0.3, 0.4) is 0 Å². The van der Waals surface area contributed by atoms with Crippen LogP contribution in [-0.4, -0.2) is 37.9 Å². The van der Waals surface area contributed by atoms with Crippen LogP contribution in [0.15, 0.2) is 24.3 Å². The Morgan fingerprint density at radius 3 is 2.33 bits per heavy atom. The molecule has 0 spiro atoms. The van der Waals surface area contributed by atoms with E-state index in [4.69, 9.17) is 11.6 Å². The molecular formula is C14H21ClN2O2SSi. The molecule has 2 N–H and O–H groups in total. The summed E-state index contributed by atoms with van der Waals surface area (Å²) in [7, 11) is -1.79. The first-order valence-corrected chi connectivity index (χ1v) is 10.9. The Labute approximate surface area is 137 Å². The molecule has 0 fully saturated rings. The largest absolute Gasteiger partial charge is 0.357 e. The summed E-state index contributed by atoms with van der Waals surface area (Å²) in [5.74, 6) is -0.165. The highest BCUT2D eigenvalue weighted by molar-refractivity contribution is 7.80. The molecule has 1 aromatic rings. The number of carbonyl (C=O) groups is 2. The maximum Gasteiger partial charge on any atom is 0.243 e. The van der Waals surface area contributed by atoms with Gasteiger partial charge in [0.2, 0.25) is 11.8 Å². The molecule has 0 saturated heterocycles. The van der Waals surface area contributed by atoms with Crippen molar-refractivity contribution in [2.24, 2.45) is 0 Å². The van der Waals surface area contributed by atoms with E-state index in [0.717, 1.165) is 0 Å². The first-order chi connectivity index (χ1) is 9.76. The van der Waals surface area contributed by atoms with Crippen molar-refractivity contribution in [1.82, 2.24) is 10.6 Å². The van der Waals surface area contributed by atoms with Gasteiger partial charge in [-0.25, -0.2) is 0 Å². The Hall–Kier alpha value is -0.983. The molecule has 0 aliphatic carbocycles. The molecule has 0 heterocycles. The van der Waals surface area contributed by atoms with Crippen LogP contribution < -0.4 is 15.8 Å². The van der Waals surface area contributed by atoms with Gasteiger partial charge in [-0.05, 0) is 12.1 Å². The number of nitrogens with one attached hydrogen (secondary N) is 2. The standard InChI is InChI=1S/C14H21ClN2O2SSi/c1-10(18)17-13(8-20)14(19)16-9-21(2,3)12-6-4-11(15)5-7-12/h4-7,13,20H,8-9H2,1-3H3,(H,16,19)(H,17,18)/t13-/m0/s1. The number of rotatable bonds is 6. The Bertz CT molecular complexity index is 508. The highest BCUT2D eigenvalue weighted by Crippen LogP contribution is 2.08. The van der Waals surface area contributed by atoms with Crippen LogP contribution in [0.2, 0.25) is 18.1 Å². The van der Waals surface area contributed by atoms with E-state index >= 15 is 0 Å². The fourth-order valence-corrected chi connectivity index (χ4v) is 4.15. The number of carbonyl (C=O) groups excluding carboxylic acids is 2. The van der Waals surface area contributed by atoms with Gasteiger partial charge in [-0.2, -0.15) is 12.6 Å². The second-order valence-electron chi connectivity index (χ2n) is 5.54. The summed E-state index contributed by atoms with van der Waals surface area (Å²) in [4.78, 5) is 23.1. The smallest absolute Gasteiger partial charge is 0.243 e. The van der Waals surface area contributed by atoms with E-state index in [0.29, 0.717) is 11.2 Å². The van der Waals surface area contributed by atoms with Crippen molar-refractivity contribution in [3.8, 4) is 0 Å². The Morgan fingerprint density at radius 2 is 1.86 bits per heavy atom. The van der Waals surface area contributed by atoms with Crippen LogP contribution in [0, 0.1) is 0 Å². The molecule has 1 atom stereocenters. The fourth-order valence-electron chi connectivity index (χ4n) is 1.87. The van der Waals surface area contributed by atoms with Crippen LogP contribution in [-0.2, 0) is 9.59 Å². The molecule has 1 aromatic carbocycles. The van der Waals surface area contributed by atoms with Gasteiger partial charge in [-0.15, -0.1) is 0 Å². The third-order valence-electron chi connectivity index (χ3n) is 3.21. The second kappa shape index (κ2) is 7.86. The number of halogens is 1. The topological polar surface area (TPSA) is 58.2 Å². The third kappa shape index (κ3) is 5.72. The van der Waals surface area contributed by atoms with Gasteiger partial charge in [-0.3, -0.25) is 9.59 Å². The van der Waals surface area contributed by atoms with Gasteiger partial charge in [0, 0.05) is 23.9 Å². The minimum atomic E-state index is -1.79. The number of hydrogen-bond acceptors (Lipinski definition) is 3. The van der Waals surface area contributed by atoms with Gasteiger partial charge in [0.1, 0.15) is 14.1 Å². The summed E-state index contributed by atoms with van der Waals surface area (Å²) in [6.45, 7) is 5.73. The van der Waals surface area contributed by atoms with Gasteiger partial charge < -0.3 is 10.6 Å². The molecule has 0 aliphatic heterocycles. The lowest BCUT2D eigenvalue weighted by Gasteiger charge is -2.25. The van der Waals surface area contributed by atoms with E-state index in [1.807, 2.05) is 24.3 Å². The second-order valence-corrected chi connectivity index (χ2v) is 11.0. The molecule has 0 aromatic heterocycles. The SMILES string of the molecule is CC(=O)N[C@@H](CS)C(=O)NC[Si](C)(C)c1ccc(Cl)cc1. The van der Waals surface area contributed by atoms with Crippen molar-refractivity contribution in [3.05, 3.63) is 29.3 Å². The fraction of sp³-hybridized carbons (Fsp3) is 0.429. The summed E-state index contributed by atoms with van der Waals surface area (Å²) >= 11 is 9.99. The minimum absolute atomic E-state index is 0.199. The molecule has 2 amide bonds. The number of hydrogen-bond donors (Lipinski definition) is 3. The summed E-state index contributed by atoms with van der Waals surface area (Å²) in [6.07, 6.45) is 0.595. The van der Waals surface area contributed by atoms with Gasteiger partial charge in [0.15, 0.2) is 0 Å². The van der Waals surface area contributed by atoms with Crippen LogP contribution in [0.4, 0.5) is 0 Å². The van der Waals surface area contributed by atoms with Crippen molar-refractivity contribution in [1.29, 1.82) is 0 Å². The summed E-state index contributed by atoms with van der Waals surface area (Å²) in [5.41, 5.74) is 0. The van der Waals surface area contributed by atoms with E-state index in [1.54, 1.807) is 0 Å². The number of thiol groups is 1. The molecule has 4 nitrogen and oxygen atoms in total.